The lowest BCUT2D eigenvalue weighted by atomic mass is 9.62. The molecule has 172 valence electrons. The number of esters is 1. The minimum atomic E-state index is -2.25. The molecule has 0 aromatic heterocycles. The number of fused-ring (bicyclic) bond motifs is 2. The van der Waals surface area contributed by atoms with Gasteiger partial charge in [0.1, 0.15) is 12.2 Å². The second kappa shape index (κ2) is 7.75. The van der Waals surface area contributed by atoms with Gasteiger partial charge in [-0.15, -0.1) is 0 Å². The Morgan fingerprint density at radius 2 is 1.41 bits per heavy atom. The molecule has 9 nitrogen and oxygen atoms in total. The predicted octanol–water partition coefficient (Wildman–Crippen LogP) is 1.44. The monoisotopic (exact) mass is 446 g/mol. The highest BCUT2D eigenvalue weighted by molar-refractivity contribution is 5.87. The van der Waals surface area contributed by atoms with Gasteiger partial charge in [0.25, 0.3) is 0 Å². The maximum Gasteiger partial charge on any atom is 0.342 e. The molecule has 3 atom stereocenters. The van der Waals surface area contributed by atoms with Crippen molar-refractivity contribution in [1.29, 1.82) is 0 Å². The number of methoxy groups -OCH3 is 5. The van der Waals surface area contributed by atoms with Crippen molar-refractivity contribution >= 4 is 5.97 Å². The number of rotatable bonds is 6. The van der Waals surface area contributed by atoms with Crippen molar-refractivity contribution in [1.82, 2.24) is 0 Å². The van der Waals surface area contributed by atoms with Crippen molar-refractivity contribution < 1.29 is 43.4 Å². The average molecular weight is 446 g/mol. The third-order valence-corrected chi connectivity index (χ3v) is 6.34. The third kappa shape index (κ3) is 2.88. The Kier molecular flexibility index (Phi) is 5.34. The van der Waals surface area contributed by atoms with Gasteiger partial charge in [0, 0.05) is 6.42 Å². The highest BCUT2D eigenvalue weighted by Crippen LogP contribution is 2.55. The highest BCUT2D eigenvalue weighted by Gasteiger charge is 2.68. The third-order valence-electron chi connectivity index (χ3n) is 6.34. The van der Waals surface area contributed by atoms with Gasteiger partial charge >= 0.3 is 5.97 Å². The Labute approximate surface area is 185 Å². The molecule has 0 spiro atoms. The van der Waals surface area contributed by atoms with Gasteiger partial charge in [-0.25, -0.2) is 4.79 Å². The molecular weight excluding hydrogens is 420 g/mol. The maximum absolute atomic E-state index is 12.9. The standard InChI is InChI=1S/C23H26O9/c1-27-15-8-13-10-22(25)11-32-21(24)23(22,26)19(14(13)9-16(15)28-2)12-6-17(29-3)20(31-5)18(7-12)30-4/h6-9,19,25-26H,10-11H2,1-5H3. The molecule has 2 aromatic carbocycles. The van der Waals surface area contributed by atoms with Crippen LogP contribution in [-0.4, -0.2) is 69.5 Å². The van der Waals surface area contributed by atoms with E-state index in [-0.39, 0.29) is 13.0 Å². The molecule has 32 heavy (non-hydrogen) atoms. The molecule has 2 aromatic rings. The van der Waals surface area contributed by atoms with Gasteiger partial charge in [0.15, 0.2) is 23.0 Å². The number of benzene rings is 2. The zero-order chi connectivity index (χ0) is 23.3. The first-order valence-electron chi connectivity index (χ1n) is 9.94. The maximum atomic E-state index is 12.9. The van der Waals surface area contributed by atoms with E-state index in [0.29, 0.717) is 45.4 Å². The lowest BCUT2D eigenvalue weighted by Crippen LogP contribution is -2.62. The summed E-state index contributed by atoms with van der Waals surface area (Å²) in [6.45, 7) is -0.336. The molecule has 1 aliphatic heterocycles. The first-order chi connectivity index (χ1) is 15.3. The fourth-order valence-corrected chi connectivity index (χ4v) is 4.75. The Morgan fingerprint density at radius 3 is 1.94 bits per heavy atom. The van der Waals surface area contributed by atoms with E-state index in [1.807, 2.05) is 0 Å². The zero-order valence-corrected chi connectivity index (χ0v) is 18.6. The first kappa shape index (κ1) is 22.0. The Morgan fingerprint density at radius 1 is 0.844 bits per heavy atom. The molecule has 0 radical (unpaired) electrons. The van der Waals surface area contributed by atoms with E-state index in [0.717, 1.165) is 0 Å². The summed E-state index contributed by atoms with van der Waals surface area (Å²) in [7, 11) is 7.43. The summed E-state index contributed by atoms with van der Waals surface area (Å²) in [4.78, 5) is 12.9. The van der Waals surface area contributed by atoms with Gasteiger partial charge in [-0.05, 0) is 41.0 Å². The van der Waals surface area contributed by atoms with E-state index in [1.54, 1.807) is 24.3 Å². The molecule has 1 aliphatic carbocycles. The molecule has 0 saturated carbocycles. The van der Waals surface area contributed by atoms with Gasteiger partial charge in [-0.1, -0.05) is 0 Å². The van der Waals surface area contributed by atoms with Crippen molar-refractivity contribution in [3.63, 3.8) is 0 Å². The lowest BCUT2D eigenvalue weighted by Gasteiger charge is -2.45. The smallest absolute Gasteiger partial charge is 0.342 e. The number of aliphatic hydroxyl groups is 2. The van der Waals surface area contributed by atoms with E-state index in [9.17, 15) is 15.0 Å². The van der Waals surface area contributed by atoms with Gasteiger partial charge in [-0.2, -0.15) is 0 Å². The van der Waals surface area contributed by atoms with Crippen molar-refractivity contribution in [3.05, 3.63) is 41.0 Å². The molecule has 2 aliphatic rings. The summed E-state index contributed by atoms with van der Waals surface area (Å²) in [5.74, 6) is 0.0106. The molecule has 1 saturated heterocycles. The molecule has 0 bridgehead atoms. The minimum absolute atomic E-state index is 0.00808. The molecule has 9 heteroatoms. The van der Waals surface area contributed by atoms with Crippen LogP contribution in [0.15, 0.2) is 24.3 Å². The summed E-state index contributed by atoms with van der Waals surface area (Å²) in [5.41, 5.74) is -2.35. The van der Waals surface area contributed by atoms with Crippen LogP contribution in [0.25, 0.3) is 0 Å². The fraction of sp³-hybridized carbons (Fsp3) is 0.435. The van der Waals surface area contributed by atoms with E-state index in [2.05, 4.69) is 0 Å². The number of cyclic esters (lactones) is 1. The molecule has 1 fully saturated rings. The zero-order valence-electron chi connectivity index (χ0n) is 18.6. The highest BCUT2D eigenvalue weighted by atomic mass is 16.6. The predicted molar refractivity (Wildman–Crippen MR) is 112 cm³/mol. The summed E-state index contributed by atoms with van der Waals surface area (Å²) >= 11 is 0. The van der Waals surface area contributed by atoms with Crippen LogP contribution < -0.4 is 23.7 Å². The number of ether oxygens (including phenoxy) is 6. The van der Waals surface area contributed by atoms with Crippen LogP contribution in [0.4, 0.5) is 0 Å². The van der Waals surface area contributed by atoms with Crippen molar-refractivity contribution in [2.75, 3.05) is 42.2 Å². The number of hydrogen-bond donors (Lipinski definition) is 2. The number of hydrogen-bond acceptors (Lipinski definition) is 9. The van der Waals surface area contributed by atoms with Crippen LogP contribution >= 0.6 is 0 Å². The summed E-state index contributed by atoms with van der Waals surface area (Å²) in [6, 6.07) is 6.72. The normalized spacial score (nSPS) is 26.0. The van der Waals surface area contributed by atoms with Crippen molar-refractivity contribution in [2.24, 2.45) is 0 Å². The van der Waals surface area contributed by atoms with Crippen LogP contribution in [0.1, 0.15) is 22.6 Å². The fourth-order valence-electron chi connectivity index (χ4n) is 4.75. The van der Waals surface area contributed by atoms with E-state index in [4.69, 9.17) is 28.4 Å². The summed E-state index contributed by atoms with van der Waals surface area (Å²) in [5, 5.41) is 23.1. The average Bonchev–Trinajstić information content (AvgIpc) is 3.04. The SMILES string of the molecule is COc1cc2c(cc1OC)C(c1cc(OC)c(OC)c(OC)c1)C1(O)C(=O)OCC1(O)C2. The van der Waals surface area contributed by atoms with E-state index < -0.39 is 23.1 Å². The summed E-state index contributed by atoms with van der Waals surface area (Å²) < 4.78 is 32.4. The largest absolute Gasteiger partial charge is 0.493 e. The molecule has 0 amide bonds. The van der Waals surface area contributed by atoms with Crippen LogP contribution in [0.2, 0.25) is 0 Å². The van der Waals surface area contributed by atoms with Crippen LogP contribution in [0.3, 0.4) is 0 Å². The second-order valence-electron chi connectivity index (χ2n) is 7.85. The molecule has 2 N–H and O–H groups in total. The number of carbonyl (C=O) groups excluding carboxylic acids is 1. The molecular formula is C23H26O9. The van der Waals surface area contributed by atoms with E-state index in [1.165, 1.54) is 35.5 Å². The number of carbonyl (C=O) groups is 1. The lowest BCUT2D eigenvalue weighted by molar-refractivity contribution is -0.168. The summed E-state index contributed by atoms with van der Waals surface area (Å²) in [6.07, 6.45) is -0.00808. The molecule has 4 rings (SSSR count). The van der Waals surface area contributed by atoms with Gasteiger partial charge in [-0.3, -0.25) is 0 Å². The quantitative estimate of drug-likeness (QED) is 0.637. The Bertz CT molecular complexity index is 1040. The Balaban J connectivity index is 2.04. The van der Waals surface area contributed by atoms with E-state index >= 15 is 0 Å². The topological polar surface area (TPSA) is 113 Å². The van der Waals surface area contributed by atoms with Crippen LogP contribution in [0.5, 0.6) is 28.7 Å². The van der Waals surface area contributed by atoms with Gasteiger partial charge in [0.05, 0.1) is 41.5 Å². The minimum Gasteiger partial charge on any atom is -0.493 e. The van der Waals surface area contributed by atoms with Gasteiger partial charge < -0.3 is 38.6 Å². The second-order valence-corrected chi connectivity index (χ2v) is 7.85. The van der Waals surface area contributed by atoms with Crippen LogP contribution in [0, 0.1) is 0 Å². The van der Waals surface area contributed by atoms with Gasteiger partial charge in [0.2, 0.25) is 11.4 Å². The molecule has 3 unspecified atom stereocenters. The van der Waals surface area contributed by atoms with Crippen LogP contribution in [-0.2, 0) is 16.0 Å². The molecule has 1 heterocycles. The van der Waals surface area contributed by atoms with Crippen molar-refractivity contribution in [2.45, 2.75) is 23.5 Å². The first-order valence-corrected chi connectivity index (χ1v) is 9.94. The Hall–Kier alpha value is -3.17. The van der Waals surface area contributed by atoms with Crippen molar-refractivity contribution in [3.8, 4) is 28.7 Å².